The number of benzene rings is 1. The summed E-state index contributed by atoms with van der Waals surface area (Å²) in [5.74, 6) is -0.172. The topological polar surface area (TPSA) is 57.7 Å². The van der Waals surface area contributed by atoms with E-state index in [1.165, 1.54) is 41.8 Å². The monoisotopic (exact) mass is 412 g/mol. The first kappa shape index (κ1) is 19.4. The number of thiophene rings is 1. The molecule has 140 valence electrons. The molecule has 1 aliphatic heterocycles. The van der Waals surface area contributed by atoms with Crippen molar-refractivity contribution in [2.75, 3.05) is 20.1 Å². The van der Waals surface area contributed by atoms with Crippen LogP contribution in [0.5, 0.6) is 0 Å². The number of hydrogen-bond donors (Lipinski definition) is 0. The fourth-order valence-corrected chi connectivity index (χ4v) is 5.46. The number of fused-ring (bicyclic) bond motifs is 1. The molecule has 1 aromatic heterocycles. The second-order valence-corrected chi connectivity index (χ2v) is 9.76. The fraction of sp³-hybridized carbons (Fsp3) is 0.389. The molecule has 0 radical (unpaired) electrons. The summed E-state index contributed by atoms with van der Waals surface area (Å²) < 4.78 is 26.5. The average Bonchev–Trinajstić information content (AvgIpc) is 3.09. The highest BCUT2D eigenvalue weighted by atomic mass is 35.5. The number of rotatable bonds is 5. The Morgan fingerprint density at radius 3 is 2.65 bits per heavy atom. The van der Waals surface area contributed by atoms with E-state index in [0.29, 0.717) is 11.6 Å². The molecule has 0 saturated carbocycles. The average molecular weight is 413 g/mol. The number of hydrogen-bond acceptors (Lipinski definition) is 4. The number of carbonyl (C=O) groups excluding carboxylic acids is 1. The van der Waals surface area contributed by atoms with E-state index < -0.39 is 10.0 Å². The SMILES string of the molecule is CC[C@@H]1c2ccsc2CCN1C(=O)CN(C)S(=O)(=O)c1ccc(Cl)cc1. The molecule has 8 heteroatoms. The van der Waals surface area contributed by atoms with Crippen molar-refractivity contribution >= 4 is 38.9 Å². The van der Waals surface area contributed by atoms with Crippen molar-refractivity contribution in [3.63, 3.8) is 0 Å². The lowest BCUT2D eigenvalue weighted by Gasteiger charge is -2.36. The number of nitrogens with zero attached hydrogens (tertiary/aromatic N) is 2. The number of likely N-dealkylation sites (N-methyl/N-ethyl adjacent to an activating group) is 1. The van der Waals surface area contributed by atoms with Crippen molar-refractivity contribution in [1.82, 2.24) is 9.21 Å². The van der Waals surface area contributed by atoms with E-state index in [4.69, 9.17) is 11.6 Å². The van der Waals surface area contributed by atoms with E-state index in [9.17, 15) is 13.2 Å². The second-order valence-electron chi connectivity index (χ2n) is 6.28. The van der Waals surface area contributed by atoms with Crippen LogP contribution in [0.3, 0.4) is 0 Å². The van der Waals surface area contributed by atoms with Crippen LogP contribution in [0.25, 0.3) is 0 Å². The lowest BCUT2D eigenvalue weighted by molar-refractivity contribution is -0.134. The van der Waals surface area contributed by atoms with Gasteiger partial charge in [0, 0.05) is 23.5 Å². The van der Waals surface area contributed by atoms with Crippen LogP contribution >= 0.6 is 22.9 Å². The maximum absolute atomic E-state index is 12.8. The smallest absolute Gasteiger partial charge is 0.243 e. The van der Waals surface area contributed by atoms with Crippen LogP contribution in [0, 0.1) is 0 Å². The summed E-state index contributed by atoms with van der Waals surface area (Å²) in [6.07, 6.45) is 1.63. The van der Waals surface area contributed by atoms with Gasteiger partial charge in [-0.05, 0) is 54.1 Å². The van der Waals surface area contributed by atoms with Gasteiger partial charge in [0.1, 0.15) is 0 Å². The lowest BCUT2D eigenvalue weighted by atomic mass is 9.98. The highest BCUT2D eigenvalue weighted by molar-refractivity contribution is 7.89. The third kappa shape index (κ3) is 3.67. The molecule has 1 aromatic carbocycles. The van der Waals surface area contributed by atoms with E-state index >= 15 is 0 Å². The Balaban J connectivity index is 1.76. The van der Waals surface area contributed by atoms with Crippen LogP contribution in [0.2, 0.25) is 5.02 Å². The molecular weight excluding hydrogens is 392 g/mol. The molecule has 0 spiro atoms. The third-order valence-corrected chi connectivity index (χ3v) is 7.75. The van der Waals surface area contributed by atoms with E-state index in [2.05, 4.69) is 11.4 Å². The lowest BCUT2D eigenvalue weighted by Crippen LogP contribution is -2.45. The molecule has 1 atom stereocenters. The highest BCUT2D eigenvalue weighted by Crippen LogP contribution is 2.35. The molecule has 1 aliphatic rings. The molecule has 0 aliphatic carbocycles. The summed E-state index contributed by atoms with van der Waals surface area (Å²) in [7, 11) is -2.30. The predicted octanol–water partition coefficient (Wildman–Crippen LogP) is 3.56. The minimum absolute atomic E-state index is 0.0177. The Bertz CT molecular complexity index is 893. The van der Waals surface area contributed by atoms with Crippen molar-refractivity contribution in [1.29, 1.82) is 0 Å². The molecule has 1 amide bonds. The van der Waals surface area contributed by atoms with Crippen LogP contribution in [-0.2, 0) is 21.2 Å². The molecule has 0 saturated heterocycles. The van der Waals surface area contributed by atoms with Crippen molar-refractivity contribution in [2.45, 2.75) is 30.7 Å². The van der Waals surface area contributed by atoms with E-state index in [0.717, 1.165) is 17.1 Å². The normalized spacial score (nSPS) is 17.4. The molecule has 0 unspecified atom stereocenters. The van der Waals surface area contributed by atoms with E-state index in [1.54, 1.807) is 11.3 Å². The van der Waals surface area contributed by atoms with Gasteiger partial charge in [-0.3, -0.25) is 4.79 Å². The molecule has 3 rings (SSSR count). The second kappa shape index (κ2) is 7.68. The summed E-state index contributed by atoms with van der Waals surface area (Å²) in [6, 6.07) is 8.05. The zero-order valence-corrected chi connectivity index (χ0v) is 17.1. The number of amides is 1. The minimum atomic E-state index is -3.73. The Hall–Kier alpha value is -1.41. The summed E-state index contributed by atoms with van der Waals surface area (Å²) in [5.41, 5.74) is 1.19. The van der Waals surface area contributed by atoms with Gasteiger partial charge in [-0.25, -0.2) is 8.42 Å². The third-order valence-electron chi connectivity index (χ3n) is 4.68. The first-order valence-corrected chi connectivity index (χ1v) is 11.1. The fourth-order valence-electron chi connectivity index (χ4n) is 3.29. The van der Waals surface area contributed by atoms with Crippen LogP contribution in [-0.4, -0.2) is 43.7 Å². The molecule has 0 bridgehead atoms. The summed E-state index contributed by atoms with van der Waals surface area (Å²) >= 11 is 7.54. The van der Waals surface area contributed by atoms with Gasteiger partial charge < -0.3 is 4.90 Å². The van der Waals surface area contributed by atoms with Gasteiger partial charge in [0.2, 0.25) is 15.9 Å². The van der Waals surface area contributed by atoms with Crippen LogP contribution in [0.1, 0.15) is 29.8 Å². The Morgan fingerprint density at radius 1 is 1.31 bits per heavy atom. The van der Waals surface area contributed by atoms with Crippen LogP contribution in [0.15, 0.2) is 40.6 Å². The largest absolute Gasteiger partial charge is 0.334 e. The van der Waals surface area contributed by atoms with Crippen molar-refractivity contribution < 1.29 is 13.2 Å². The Labute approximate surface area is 163 Å². The van der Waals surface area contributed by atoms with Gasteiger partial charge in [-0.1, -0.05) is 18.5 Å². The first-order valence-electron chi connectivity index (χ1n) is 8.42. The number of halogens is 1. The van der Waals surface area contributed by atoms with Crippen LogP contribution < -0.4 is 0 Å². The Kier molecular flexibility index (Phi) is 5.72. The zero-order chi connectivity index (χ0) is 18.9. The standard InChI is InChI=1S/C18H21ClN2O3S2/c1-3-16-15-9-11-25-17(15)8-10-21(16)18(22)12-20(2)26(23,24)14-6-4-13(19)5-7-14/h4-7,9,11,16H,3,8,10,12H2,1-2H3/t16-/m1/s1. The maximum atomic E-state index is 12.8. The van der Waals surface area contributed by atoms with E-state index in [-0.39, 0.29) is 23.4 Å². The number of sulfonamides is 1. The van der Waals surface area contributed by atoms with Crippen molar-refractivity contribution in [3.05, 3.63) is 51.2 Å². The summed E-state index contributed by atoms with van der Waals surface area (Å²) in [5, 5.41) is 2.52. The minimum Gasteiger partial charge on any atom is -0.334 e. The van der Waals surface area contributed by atoms with Crippen molar-refractivity contribution in [3.8, 4) is 0 Å². The van der Waals surface area contributed by atoms with Gasteiger partial charge in [0.05, 0.1) is 17.5 Å². The molecule has 26 heavy (non-hydrogen) atoms. The van der Waals surface area contributed by atoms with Crippen LogP contribution in [0.4, 0.5) is 0 Å². The molecule has 2 aromatic rings. The molecule has 2 heterocycles. The Morgan fingerprint density at radius 2 is 2.00 bits per heavy atom. The summed E-state index contributed by atoms with van der Waals surface area (Å²) in [4.78, 5) is 16.1. The van der Waals surface area contributed by atoms with Gasteiger partial charge in [0.15, 0.2) is 0 Å². The van der Waals surface area contributed by atoms with Gasteiger partial charge in [0.25, 0.3) is 0 Å². The number of carbonyl (C=O) groups is 1. The quantitative estimate of drug-likeness (QED) is 0.754. The molecule has 5 nitrogen and oxygen atoms in total. The van der Waals surface area contributed by atoms with E-state index in [1.807, 2.05) is 11.8 Å². The van der Waals surface area contributed by atoms with Crippen molar-refractivity contribution in [2.24, 2.45) is 0 Å². The predicted molar refractivity (Wildman–Crippen MR) is 104 cm³/mol. The summed E-state index contributed by atoms with van der Waals surface area (Å²) in [6.45, 7) is 2.49. The molecular formula is C18H21ClN2O3S2. The molecule has 0 N–H and O–H groups in total. The van der Waals surface area contributed by atoms with Gasteiger partial charge in [-0.2, -0.15) is 4.31 Å². The van der Waals surface area contributed by atoms with Gasteiger partial charge >= 0.3 is 0 Å². The zero-order valence-electron chi connectivity index (χ0n) is 14.7. The maximum Gasteiger partial charge on any atom is 0.243 e. The first-order chi connectivity index (χ1) is 12.3. The molecule has 0 fully saturated rings. The highest BCUT2D eigenvalue weighted by Gasteiger charge is 2.32. The van der Waals surface area contributed by atoms with Gasteiger partial charge in [-0.15, -0.1) is 11.3 Å².